The topological polar surface area (TPSA) is 106 Å². The summed E-state index contributed by atoms with van der Waals surface area (Å²) < 4.78 is 5.85. The Morgan fingerprint density at radius 3 is 2.26 bits per heavy atom. The fraction of sp³-hybridized carbons (Fsp3) is 0. The first-order valence-corrected chi connectivity index (χ1v) is 9.48. The van der Waals surface area contributed by atoms with E-state index in [0.29, 0.717) is 33.7 Å². The van der Waals surface area contributed by atoms with Crippen molar-refractivity contribution in [1.82, 2.24) is 4.98 Å². The smallest absolute Gasteiger partial charge is 0.153 e. The largest absolute Gasteiger partial charge is 0.545 e. The Balaban J connectivity index is 1.70. The van der Waals surface area contributed by atoms with Crippen LogP contribution in [0.15, 0.2) is 83.3 Å². The summed E-state index contributed by atoms with van der Waals surface area (Å²) in [6.07, 6.45) is 0. The molecule has 0 saturated heterocycles. The molecular formula is C25H13NO5-2. The summed E-state index contributed by atoms with van der Waals surface area (Å²) in [5, 5.41) is 25.5. The lowest BCUT2D eigenvalue weighted by atomic mass is 10.00. The van der Waals surface area contributed by atoms with Gasteiger partial charge in [0.15, 0.2) is 5.76 Å². The Labute approximate surface area is 176 Å². The van der Waals surface area contributed by atoms with E-state index >= 15 is 0 Å². The van der Waals surface area contributed by atoms with Gasteiger partial charge in [-0.1, -0.05) is 54.6 Å². The molecule has 0 aliphatic rings. The van der Waals surface area contributed by atoms with Crippen molar-refractivity contribution < 1.29 is 24.2 Å². The molecule has 0 aliphatic carbocycles. The van der Waals surface area contributed by atoms with E-state index in [1.807, 2.05) is 30.3 Å². The predicted octanol–water partition coefficient (Wildman–Crippen LogP) is 3.04. The molecule has 0 atom stereocenters. The summed E-state index contributed by atoms with van der Waals surface area (Å²) in [4.78, 5) is 27.9. The average molecular weight is 407 g/mol. The van der Waals surface area contributed by atoms with Gasteiger partial charge in [-0.15, -0.1) is 0 Å². The van der Waals surface area contributed by atoms with Crippen molar-refractivity contribution >= 4 is 33.6 Å². The molecule has 5 aromatic rings. The second kappa shape index (κ2) is 7.11. The lowest BCUT2D eigenvalue weighted by molar-refractivity contribution is -0.256. The molecule has 0 radical (unpaired) electrons. The van der Waals surface area contributed by atoms with Gasteiger partial charge in [-0.25, -0.2) is 4.98 Å². The van der Waals surface area contributed by atoms with E-state index in [2.05, 4.69) is 4.98 Å². The number of fused-ring (bicyclic) bond motifs is 3. The quantitative estimate of drug-likeness (QED) is 0.424. The van der Waals surface area contributed by atoms with Crippen LogP contribution in [0.1, 0.15) is 20.7 Å². The highest BCUT2D eigenvalue weighted by Gasteiger charge is 2.15. The third-order valence-electron chi connectivity index (χ3n) is 5.19. The first-order valence-electron chi connectivity index (χ1n) is 9.48. The summed E-state index contributed by atoms with van der Waals surface area (Å²) >= 11 is 0. The number of aromatic nitrogens is 1. The van der Waals surface area contributed by atoms with Crippen LogP contribution in [0.3, 0.4) is 0 Å². The van der Waals surface area contributed by atoms with Crippen molar-refractivity contribution in [1.29, 1.82) is 0 Å². The number of carboxylic acids is 2. The van der Waals surface area contributed by atoms with Crippen molar-refractivity contribution in [3.05, 3.63) is 90.0 Å². The van der Waals surface area contributed by atoms with Crippen LogP contribution in [0, 0.1) is 0 Å². The minimum atomic E-state index is -1.32. The molecule has 6 nitrogen and oxygen atoms in total. The van der Waals surface area contributed by atoms with Crippen molar-refractivity contribution in [3.8, 4) is 22.8 Å². The summed E-state index contributed by atoms with van der Waals surface area (Å²) in [6.45, 7) is 0. The fourth-order valence-electron chi connectivity index (χ4n) is 3.79. The number of nitrogens with zero attached hydrogens (tertiary/aromatic N) is 1. The standard InChI is InChI=1S/C25H15NO5/c27-24(28)17-8-4-3-7-16(17)21-11-12-22(31-21)20-13-18(25(29)30)23-15-6-2-1-5-14(15)9-10-19(23)26-20/h1-13H,(H,27,28)(H,29,30)/p-2. The highest BCUT2D eigenvalue weighted by atomic mass is 16.4. The van der Waals surface area contributed by atoms with Gasteiger partial charge in [0.1, 0.15) is 11.5 Å². The molecule has 0 amide bonds. The second-order valence-electron chi connectivity index (χ2n) is 7.02. The predicted molar refractivity (Wildman–Crippen MR) is 111 cm³/mol. The van der Waals surface area contributed by atoms with Gasteiger partial charge in [-0.2, -0.15) is 0 Å². The normalized spacial score (nSPS) is 11.1. The number of aromatic carboxylic acids is 2. The van der Waals surface area contributed by atoms with Crippen LogP contribution >= 0.6 is 0 Å². The Bertz CT molecular complexity index is 1500. The molecule has 150 valence electrons. The number of hydrogen-bond donors (Lipinski definition) is 0. The maximum Gasteiger partial charge on any atom is 0.153 e. The van der Waals surface area contributed by atoms with E-state index in [9.17, 15) is 19.8 Å². The number of pyridine rings is 1. The van der Waals surface area contributed by atoms with Crippen LogP contribution in [0.5, 0.6) is 0 Å². The molecule has 5 rings (SSSR count). The SMILES string of the molecule is O=C([O-])c1ccccc1-c1ccc(-c2cc(C(=O)[O-])c3c(ccc4ccccc43)n2)o1. The van der Waals surface area contributed by atoms with Gasteiger partial charge >= 0.3 is 0 Å². The maximum atomic E-state index is 11.9. The fourth-order valence-corrected chi connectivity index (χ4v) is 3.79. The lowest BCUT2D eigenvalue weighted by Crippen LogP contribution is -2.23. The zero-order valence-electron chi connectivity index (χ0n) is 16.0. The molecule has 31 heavy (non-hydrogen) atoms. The molecule has 0 N–H and O–H groups in total. The van der Waals surface area contributed by atoms with E-state index in [0.717, 1.165) is 10.8 Å². The number of rotatable bonds is 4. The van der Waals surface area contributed by atoms with Crippen molar-refractivity contribution in [3.63, 3.8) is 0 Å². The Morgan fingerprint density at radius 2 is 1.45 bits per heavy atom. The van der Waals surface area contributed by atoms with Gasteiger partial charge in [0.25, 0.3) is 0 Å². The van der Waals surface area contributed by atoms with Crippen molar-refractivity contribution in [2.75, 3.05) is 0 Å². The highest BCUT2D eigenvalue weighted by molar-refractivity contribution is 6.15. The summed E-state index contributed by atoms with van der Waals surface area (Å²) in [7, 11) is 0. The molecule has 6 heteroatoms. The number of carbonyl (C=O) groups is 2. The van der Waals surface area contributed by atoms with Crippen LogP contribution in [-0.4, -0.2) is 16.9 Å². The lowest BCUT2D eigenvalue weighted by Gasteiger charge is -2.12. The molecule has 0 saturated carbocycles. The van der Waals surface area contributed by atoms with Crippen LogP contribution in [0.2, 0.25) is 0 Å². The molecular weight excluding hydrogens is 394 g/mol. The number of benzene rings is 3. The third-order valence-corrected chi connectivity index (χ3v) is 5.19. The number of carboxylic acid groups (broad SMARTS) is 2. The summed E-state index contributed by atoms with van der Waals surface area (Å²) in [5.41, 5.74) is 1.16. The van der Waals surface area contributed by atoms with Gasteiger partial charge in [0.2, 0.25) is 0 Å². The number of furan rings is 1. The van der Waals surface area contributed by atoms with Crippen LogP contribution in [0.25, 0.3) is 44.5 Å². The summed E-state index contributed by atoms with van der Waals surface area (Å²) in [5.74, 6) is -2.02. The van der Waals surface area contributed by atoms with E-state index in [1.165, 1.54) is 12.1 Å². The van der Waals surface area contributed by atoms with E-state index in [4.69, 9.17) is 4.42 Å². The highest BCUT2D eigenvalue weighted by Crippen LogP contribution is 2.33. The Kier molecular flexibility index (Phi) is 4.26. The van der Waals surface area contributed by atoms with Crippen molar-refractivity contribution in [2.45, 2.75) is 0 Å². The molecule has 0 aliphatic heterocycles. The molecule has 3 aromatic carbocycles. The van der Waals surface area contributed by atoms with Crippen LogP contribution in [0.4, 0.5) is 0 Å². The second-order valence-corrected chi connectivity index (χ2v) is 7.02. The van der Waals surface area contributed by atoms with E-state index in [1.54, 1.807) is 36.4 Å². The maximum absolute atomic E-state index is 11.9. The Hall–Kier alpha value is -4.45. The number of hydrogen-bond acceptors (Lipinski definition) is 6. The first-order chi connectivity index (χ1) is 15.0. The molecule has 0 spiro atoms. The van der Waals surface area contributed by atoms with Gasteiger partial charge in [0, 0.05) is 22.1 Å². The first kappa shape index (κ1) is 18.6. The van der Waals surface area contributed by atoms with Crippen molar-refractivity contribution in [2.24, 2.45) is 0 Å². The van der Waals surface area contributed by atoms with Crippen LogP contribution < -0.4 is 10.2 Å². The Morgan fingerprint density at radius 1 is 0.742 bits per heavy atom. The van der Waals surface area contributed by atoms with E-state index in [-0.39, 0.29) is 11.1 Å². The average Bonchev–Trinajstić information content (AvgIpc) is 3.28. The van der Waals surface area contributed by atoms with Gasteiger partial charge < -0.3 is 24.2 Å². The molecule has 2 aromatic heterocycles. The molecule has 0 fully saturated rings. The zero-order chi connectivity index (χ0) is 21.5. The third kappa shape index (κ3) is 3.11. The monoisotopic (exact) mass is 407 g/mol. The van der Waals surface area contributed by atoms with Gasteiger partial charge in [0.05, 0.1) is 17.5 Å². The molecule has 0 bridgehead atoms. The molecule has 2 heterocycles. The van der Waals surface area contributed by atoms with Crippen LogP contribution in [-0.2, 0) is 0 Å². The minimum absolute atomic E-state index is 0.00299. The van der Waals surface area contributed by atoms with E-state index < -0.39 is 11.9 Å². The summed E-state index contributed by atoms with van der Waals surface area (Å²) in [6, 6.07) is 22.1. The zero-order valence-corrected chi connectivity index (χ0v) is 16.0. The minimum Gasteiger partial charge on any atom is -0.545 e. The van der Waals surface area contributed by atoms with Gasteiger partial charge in [-0.3, -0.25) is 0 Å². The molecule has 0 unspecified atom stereocenters. The number of carbonyl (C=O) groups excluding carboxylic acids is 2. The van der Waals surface area contributed by atoms with Gasteiger partial charge in [-0.05, 0) is 35.0 Å².